The fourth-order valence-corrected chi connectivity index (χ4v) is 3.02. The lowest BCUT2D eigenvalue weighted by atomic mass is 9.97. The van der Waals surface area contributed by atoms with Crippen molar-refractivity contribution in [1.82, 2.24) is 14.8 Å². The van der Waals surface area contributed by atoms with Crippen LogP contribution in [0.1, 0.15) is 31.2 Å². The SMILES string of the molecule is CCOC(O)c1cn([C@H]2COCC[C@@H]2C#N)nc1Nc1cc(F)nc(OC)c1. The van der Waals surface area contributed by atoms with E-state index in [1.807, 2.05) is 0 Å². The number of halogens is 1. The number of ether oxygens (including phenoxy) is 3. The Kier molecular flexibility index (Phi) is 6.41. The van der Waals surface area contributed by atoms with Crippen LogP contribution in [0.4, 0.5) is 15.9 Å². The van der Waals surface area contributed by atoms with Gasteiger partial charge in [0.2, 0.25) is 11.8 Å². The van der Waals surface area contributed by atoms with Gasteiger partial charge in [0.15, 0.2) is 12.1 Å². The van der Waals surface area contributed by atoms with E-state index < -0.39 is 12.2 Å². The van der Waals surface area contributed by atoms with Gasteiger partial charge < -0.3 is 24.6 Å². The number of anilines is 2. The number of pyridine rings is 1. The number of hydrogen-bond acceptors (Lipinski definition) is 8. The lowest BCUT2D eigenvalue weighted by Crippen LogP contribution is -2.29. The maximum Gasteiger partial charge on any atom is 0.218 e. The maximum atomic E-state index is 13.7. The third-order valence-corrected chi connectivity index (χ3v) is 4.43. The summed E-state index contributed by atoms with van der Waals surface area (Å²) in [6, 6.07) is 4.66. The molecule has 1 saturated heterocycles. The summed E-state index contributed by atoms with van der Waals surface area (Å²) in [5.41, 5.74) is 0.705. The molecule has 1 aliphatic rings. The highest BCUT2D eigenvalue weighted by Gasteiger charge is 2.30. The Labute approximate surface area is 161 Å². The predicted octanol–water partition coefficient (Wildman–Crippen LogP) is 2.30. The minimum atomic E-state index is -1.24. The van der Waals surface area contributed by atoms with Gasteiger partial charge in [0.1, 0.15) is 0 Å². The van der Waals surface area contributed by atoms with E-state index in [1.54, 1.807) is 17.8 Å². The Morgan fingerprint density at radius 2 is 2.36 bits per heavy atom. The molecule has 0 saturated carbocycles. The molecule has 1 aliphatic heterocycles. The van der Waals surface area contributed by atoms with E-state index in [4.69, 9.17) is 14.2 Å². The molecule has 0 aliphatic carbocycles. The van der Waals surface area contributed by atoms with Crippen LogP contribution in [-0.2, 0) is 9.47 Å². The Hall–Kier alpha value is -2.74. The zero-order valence-electron chi connectivity index (χ0n) is 15.6. The molecule has 2 N–H and O–H groups in total. The summed E-state index contributed by atoms with van der Waals surface area (Å²) in [5, 5.41) is 27.2. The van der Waals surface area contributed by atoms with E-state index in [9.17, 15) is 14.8 Å². The Morgan fingerprint density at radius 1 is 1.54 bits per heavy atom. The number of methoxy groups -OCH3 is 1. The molecule has 1 unspecified atom stereocenters. The van der Waals surface area contributed by atoms with Crippen molar-refractivity contribution in [2.45, 2.75) is 25.7 Å². The second-order valence-corrected chi connectivity index (χ2v) is 6.23. The van der Waals surface area contributed by atoms with Crippen molar-refractivity contribution >= 4 is 11.5 Å². The molecule has 2 aromatic rings. The van der Waals surface area contributed by atoms with E-state index in [1.165, 1.54) is 19.2 Å². The second-order valence-electron chi connectivity index (χ2n) is 6.23. The van der Waals surface area contributed by atoms with E-state index >= 15 is 0 Å². The first-order chi connectivity index (χ1) is 13.5. The fraction of sp³-hybridized carbons (Fsp3) is 0.500. The van der Waals surface area contributed by atoms with Crippen LogP contribution in [0, 0.1) is 23.2 Å². The van der Waals surface area contributed by atoms with Crippen molar-refractivity contribution < 1.29 is 23.7 Å². The molecule has 1 fully saturated rings. The van der Waals surface area contributed by atoms with Crippen molar-refractivity contribution in [3.05, 3.63) is 29.8 Å². The molecule has 0 spiro atoms. The van der Waals surface area contributed by atoms with Gasteiger partial charge in [-0.2, -0.15) is 19.7 Å². The third kappa shape index (κ3) is 4.39. The Morgan fingerprint density at radius 3 is 3.07 bits per heavy atom. The highest BCUT2D eigenvalue weighted by molar-refractivity contribution is 5.60. The molecule has 0 radical (unpaired) electrons. The number of nitrogens with zero attached hydrogens (tertiary/aromatic N) is 4. The minimum Gasteiger partial charge on any atom is -0.481 e. The van der Waals surface area contributed by atoms with E-state index in [-0.39, 0.29) is 30.3 Å². The van der Waals surface area contributed by atoms with Gasteiger partial charge in [-0.15, -0.1) is 0 Å². The topological polar surface area (TPSA) is 114 Å². The van der Waals surface area contributed by atoms with Crippen molar-refractivity contribution in [2.75, 3.05) is 32.2 Å². The first-order valence-corrected chi connectivity index (χ1v) is 8.90. The van der Waals surface area contributed by atoms with Gasteiger partial charge in [-0.1, -0.05) is 0 Å². The normalized spacial score (nSPS) is 20.4. The number of aliphatic hydroxyl groups is 1. The summed E-state index contributed by atoms with van der Waals surface area (Å²) < 4.78 is 31.0. The molecule has 150 valence electrons. The van der Waals surface area contributed by atoms with Crippen LogP contribution in [-0.4, -0.2) is 46.8 Å². The maximum absolute atomic E-state index is 13.7. The molecule has 3 heterocycles. The van der Waals surface area contributed by atoms with Crippen LogP contribution in [0.15, 0.2) is 18.3 Å². The molecule has 3 atom stereocenters. The minimum absolute atomic E-state index is 0.0964. The average Bonchev–Trinajstić information content (AvgIpc) is 3.11. The van der Waals surface area contributed by atoms with Crippen LogP contribution in [0.3, 0.4) is 0 Å². The lowest BCUT2D eigenvalue weighted by Gasteiger charge is -2.27. The number of aliphatic hydroxyl groups excluding tert-OH is 1. The summed E-state index contributed by atoms with van der Waals surface area (Å²) in [4.78, 5) is 3.60. The first-order valence-electron chi connectivity index (χ1n) is 8.90. The molecule has 10 heteroatoms. The average molecular weight is 391 g/mol. The number of nitrogens with one attached hydrogen (secondary N) is 1. The van der Waals surface area contributed by atoms with Crippen LogP contribution < -0.4 is 10.1 Å². The van der Waals surface area contributed by atoms with Crippen molar-refractivity contribution in [3.8, 4) is 11.9 Å². The lowest BCUT2D eigenvalue weighted by molar-refractivity contribution is -0.0976. The molecule has 3 rings (SSSR count). The quantitative estimate of drug-likeness (QED) is 0.546. The molecule has 0 amide bonds. The van der Waals surface area contributed by atoms with Crippen molar-refractivity contribution in [3.63, 3.8) is 0 Å². The summed E-state index contributed by atoms with van der Waals surface area (Å²) in [7, 11) is 1.38. The van der Waals surface area contributed by atoms with Gasteiger partial charge in [0.25, 0.3) is 0 Å². The first kappa shape index (κ1) is 20.0. The molecule has 28 heavy (non-hydrogen) atoms. The Bertz CT molecular complexity index is 853. The van der Waals surface area contributed by atoms with Gasteiger partial charge in [-0.05, 0) is 13.3 Å². The fourth-order valence-electron chi connectivity index (χ4n) is 3.02. The highest BCUT2D eigenvalue weighted by atomic mass is 19.1. The zero-order chi connectivity index (χ0) is 20.1. The molecular formula is C18H22FN5O4. The van der Waals surface area contributed by atoms with Gasteiger partial charge >= 0.3 is 0 Å². The van der Waals surface area contributed by atoms with Gasteiger partial charge in [0, 0.05) is 37.2 Å². The summed E-state index contributed by atoms with van der Waals surface area (Å²) in [6.45, 7) is 2.90. The molecular weight excluding hydrogens is 369 g/mol. The molecule has 0 bridgehead atoms. The number of rotatable bonds is 7. The van der Waals surface area contributed by atoms with Crippen LogP contribution >= 0.6 is 0 Å². The summed E-state index contributed by atoms with van der Waals surface area (Å²) in [6.07, 6.45) is 0.973. The second kappa shape index (κ2) is 8.97. The van der Waals surface area contributed by atoms with Crippen LogP contribution in [0.5, 0.6) is 5.88 Å². The smallest absolute Gasteiger partial charge is 0.218 e. The monoisotopic (exact) mass is 391 g/mol. The number of hydrogen-bond donors (Lipinski definition) is 2. The van der Waals surface area contributed by atoms with Crippen LogP contribution in [0.25, 0.3) is 0 Å². The molecule has 0 aromatic carbocycles. The van der Waals surface area contributed by atoms with E-state index in [0.717, 1.165) is 0 Å². The van der Waals surface area contributed by atoms with Gasteiger partial charge in [-0.3, -0.25) is 4.68 Å². The van der Waals surface area contributed by atoms with Crippen molar-refractivity contribution in [2.24, 2.45) is 5.92 Å². The third-order valence-electron chi connectivity index (χ3n) is 4.43. The van der Waals surface area contributed by atoms with Gasteiger partial charge in [-0.25, -0.2) is 0 Å². The Balaban J connectivity index is 1.95. The standard InChI is InChI=1S/C18H22FN5O4/c1-3-28-18(25)13-9-24(14-10-27-5-4-11(14)8-20)23-17(13)21-12-6-15(19)22-16(7-12)26-2/h6-7,9,11,14,18,25H,3-5,10H2,1-2H3,(H,21,22,23)/t11-,14+,18?/m1/s1. The largest absolute Gasteiger partial charge is 0.481 e. The van der Waals surface area contributed by atoms with E-state index in [2.05, 4.69) is 21.5 Å². The summed E-state index contributed by atoms with van der Waals surface area (Å²) in [5.74, 6) is -0.620. The van der Waals surface area contributed by atoms with Crippen molar-refractivity contribution in [1.29, 1.82) is 5.26 Å². The zero-order valence-corrected chi connectivity index (χ0v) is 15.6. The van der Waals surface area contributed by atoms with Crippen LogP contribution in [0.2, 0.25) is 0 Å². The molecule has 2 aromatic heterocycles. The number of nitriles is 1. The highest BCUT2D eigenvalue weighted by Crippen LogP contribution is 2.32. The predicted molar refractivity (Wildman–Crippen MR) is 96.4 cm³/mol. The van der Waals surface area contributed by atoms with E-state index in [0.29, 0.717) is 30.9 Å². The number of aromatic nitrogens is 3. The van der Waals surface area contributed by atoms with Gasteiger partial charge in [0.05, 0.1) is 37.3 Å². The summed E-state index contributed by atoms with van der Waals surface area (Å²) >= 11 is 0. The molecule has 9 nitrogen and oxygen atoms in total.